The van der Waals surface area contributed by atoms with Crippen molar-refractivity contribution in [2.75, 3.05) is 0 Å². The number of hydrogen-bond donors (Lipinski definition) is 1. The standard InChI is InChI=1S/C10H11N3O2/c1-10(2,9(14)15)13-6-12-8-7(13)4-3-5-11-8/h3-6H,1-2H3,(H,14,15). The van der Waals surface area contributed by atoms with Crippen LogP contribution in [0.4, 0.5) is 0 Å². The van der Waals surface area contributed by atoms with Crippen molar-refractivity contribution in [3.8, 4) is 0 Å². The van der Waals surface area contributed by atoms with Crippen LogP contribution in [0.1, 0.15) is 13.8 Å². The number of nitrogens with zero attached hydrogens (tertiary/aromatic N) is 3. The zero-order valence-electron chi connectivity index (χ0n) is 8.51. The second-order valence-electron chi connectivity index (χ2n) is 3.82. The zero-order chi connectivity index (χ0) is 11.1. The molecule has 0 bridgehead atoms. The summed E-state index contributed by atoms with van der Waals surface area (Å²) in [7, 11) is 0. The molecule has 0 aliphatic rings. The average molecular weight is 205 g/mol. The van der Waals surface area contributed by atoms with Gasteiger partial charge in [0, 0.05) is 6.20 Å². The Bertz CT molecular complexity index is 516. The molecule has 78 valence electrons. The molecule has 15 heavy (non-hydrogen) atoms. The monoisotopic (exact) mass is 205 g/mol. The molecule has 0 aliphatic carbocycles. The Morgan fingerprint density at radius 2 is 2.20 bits per heavy atom. The topological polar surface area (TPSA) is 68.0 Å². The molecule has 0 saturated heterocycles. The van der Waals surface area contributed by atoms with Crippen molar-refractivity contribution in [2.24, 2.45) is 0 Å². The maximum absolute atomic E-state index is 11.1. The molecular formula is C10H11N3O2. The van der Waals surface area contributed by atoms with Crippen molar-refractivity contribution in [3.63, 3.8) is 0 Å². The van der Waals surface area contributed by atoms with Gasteiger partial charge < -0.3 is 9.67 Å². The summed E-state index contributed by atoms with van der Waals surface area (Å²) in [5, 5.41) is 9.10. The minimum absolute atomic E-state index is 0.562. The van der Waals surface area contributed by atoms with Crippen LogP contribution in [-0.4, -0.2) is 25.6 Å². The number of rotatable bonds is 2. The molecule has 0 atom stereocenters. The van der Waals surface area contributed by atoms with Crippen LogP contribution in [0, 0.1) is 0 Å². The first-order valence-electron chi connectivity index (χ1n) is 4.55. The SMILES string of the molecule is CC(C)(C(=O)O)n1cnc2ncccc21. The predicted molar refractivity (Wildman–Crippen MR) is 54.5 cm³/mol. The summed E-state index contributed by atoms with van der Waals surface area (Å²) in [5.41, 5.74) is 0.273. The van der Waals surface area contributed by atoms with E-state index in [0.29, 0.717) is 5.65 Å². The van der Waals surface area contributed by atoms with Gasteiger partial charge in [-0.25, -0.2) is 14.8 Å². The van der Waals surface area contributed by atoms with E-state index in [1.54, 1.807) is 36.7 Å². The van der Waals surface area contributed by atoms with Gasteiger partial charge in [-0.1, -0.05) is 0 Å². The lowest BCUT2D eigenvalue weighted by molar-refractivity contribution is -0.145. The molecule has 0 unspecified atom stereocenters. The lowest BCUT2D eigenvalue weighted by atomic mass is 10.1. The van der Waals surface area contributed by atoms with Gasteiger partial charge in [0.05, 0.1) is 11.8 Å². The van der Waals surface area contributed by atoms with Crippen LogP contribution in [0.15, 0.2) is 24.7 Å². The zero-order valence-corrected chi connectivity index (χ0v) is 8.51. The number of carbonyl (C=O) groups is 1. The van der Waals surface area contributed by atoms with Crippen LogP contribution in [-0.2, 0) is 10.3 Å². The van der Waals surface area contributed by atoms with E-state index in [2.05, 4.69) is 9.97 Å². The van der Waals surface area contributed by atoms with Gasteiger partial charge in [0.1, 0.15) is 5.54 Å². The molecule has 0 fully saturated rings. The molecule has 0 aliphatic heterocycles. The van der Waals surface area contributed by atoms with E-state index in [4.69, 9.17) is 5.11 Å². The molecular weight excluding hydrogens is 194 g/mol. The third-order valence-corrected chi connectivity index (χ3v) is 2.45. The maximum atomic E-state index is 11.1. The normalized spacial score (nSPS) is 11.9. The Labute approximate surface area is 86.4 Å². The molecule has 2 aromatic rings. The Kier molecular flexibility index (Phi) is 1.96. The van der Waals surface area contributed by atoms with Gasteiger partial charge in [0.2, 0.25) is 0 Å². The first-order chi connectivity index (χ1) is 7.03. The van der Waals surface area contributed by atoms with Crippen LogP contribution in [0.3, 0.4) is 0 Å². The Balaban J connectivity index is 2.67. The van der Waals surface area contributed by atoms with E-state index in [9.17, 15) is 4.79 Å². The van der Waals surface area contributed by atoms with Crippen LogP contribution in [0.5, 0.6) is 0 Å². The highest BCUT2D eigenvalue weighted by atomic mass is 16.4. The molecule has 0 radical (unpaired) electrons. The summed E-state index contributed by atoms with van der Waals surface area (Å²) in [6.07, 6.45) is 3.14. The van der Waals surface area contributed by atoms with Gasteiger partial charge in [-0.15, -0.1) is 0 Å². The third-order valence-electron chi connectivity index (χ3n) is 2.45. The second-order valence-corrected chi connectivity index (χ2v) is 3.82. The van der Waals surface area contributed by atoms with Crippen molar-refractivity contribution in [1.82, 2.24) is 14.5 Å². The number of fused-ring (bicyclic) bond motifs is 1. The molecule has 2 aromatic heterocycles. The number of aromatic nitrogens is 3. The van der Waals surface area contributed by atoms with E-state index in [-0.39, 0.29) is 0 Å². The number of carboxylic acid groups (broad SMARTS) is 1. The van der Waals surface area contributed by atoms with Gasteiger partial charge in [-0.05, 0) is 26.0 Å². The molecule has 0 amide bonds. The summed E-state index contributed by atoms with van der Waals surface area (Å²) in [6, 6.07) is 3.57. The molecule has 0 spiro atoms. The van der Waals surface area contributed by atoms with Crippen molar-refractivity contribution < 1.29 is 9.90 Å². The van der Waals surface area contributed by atoms with Crippen molar-refractivity contribution in [1.29, 1.82) is 0 Å². The predicted octanol–water partition coefficient (Wildman–Crippen LogP) is 1.25. The van der Waals surface area contributed by atoms with Gasteiger partial charge >= 0.3 is 5.97 Å². The Morgan fingerprint density at radius 3 is 2.87 bits per heavy atom. The minimum Gasteiger partial charge on any atom is -0.480 e. The number of hydrogen-bond acceptors (Lipinski definition) is 3. The lowest BCUT2D eigenvalue weighted by Crippen LogP contribution is -2.34. The molecule has 1 N–H and O–H groups in total. The highest BCUT2D eigenvalue weighted by molar-refractivity contribution is 5.80. The summed E-state index contributed by atoms with van der Waals surface area (Å²) < 4.78 is 1.61. The maximum Gasteiger partial charge on any atom is 0.329 e. The highest BCUT2D eigenvalue weighted by Crippen LogP contribution is 2.21. The van der Waals surface area contributed by atoms with Crippen molar-refractivity contribution in [2.45, 2.75) is 19.4 Å². The molecule has 2 heterocycles. The van der Waals surface area contributed by atoms with E-state index < -0.39 is 11.5 Å². The van der Waals surface area contributed by atoms with Gasteiger partial charge in [-0.2, -0.15) is 0 Å². The summed E-state index contributed by atoms with van der Waals surface area (Å²) >= 11 is 0. The van der Waals surface area contributed by atoms with E-state index in [1.807, 2.05) is 0 Å². The second kappa shape index (κ2) is 3.05. The van der Waals surface area contributed by atoms with Crippen molar-refractivity contribution in [3.05, 3.63) is 24.7 Å². The Hall–Kier alpha value is -1.91. The number of aliphatic carboxylic acids is 1. The first kappa shape index (κ1) is 9.64. The fraction of sp³-hybridized carbons (Fsp3) is 0.300. The first-order valence-corrected chi connectivity index (χ1v) is 4.55. The summed E-state index contributed by atoms with van der Waals surface area (Å²) in [5.74, 6) is -0.898. The van der Waals surface area contributed by atoms with E-state index in [0.717, 1.165) is 5.52 Å². The molecule has 5 nitrogen and oxygen atoms in total. The van der Waals surface area contributed by atoms with E-state index >= 15 is 0 Å². The fourth-order valence-electron chi connectivity index (χ4n) is 1.40. The fourth-order valence-corrected chi connectivity index (χ4v) is 1.40. The van der Waals surface area contributed by atoms with Crippen LogP contribution in [0.25, 0.3) is 11.2 Å². The van der Waals surface area contributed by atoms with Crippen LogP contribution >= 0.6 is 0 Å². The minimum atomic E-state index is -1.02. The molecule has 2 rings (SSSR count). The van der Waals surface area contributed by atoms with E-state index in [1.165, 1.54) is 6.33 Å². The summed E-state index contributed by atoms with van der Waals surface area (Å²) in [4.78, 5) is 19.2. The Morgan fingerprint density at radius 1 is 1.47 bits per heavy atom. The number of imidazole rings is 1. The van der Waals surface area contributed by atoms with Crippen LogP contribution in [0.2, 0.25) is 0 Å². The van der Waals surface area contributed by atoms with Gasteiger partial charge in [0.15, 0.2) is 5.65 Å². The average Bonchev–Trinajstić information content (AvgIpc) is 2.61. The number of carboxylic acids is 1. The number of pyridine rings is 1. The lowest BCUT2D eigenvalue weighted by Gasteiger charge is -2.21. The summed E-state index contributed by atoms with van der Waals surface area (Å²) in [6.45, 7) is 3.26. The quantitative estimate of drug-likeness (QED) is 0.801. The van der Waals surface area contributed by atoms with Crippen molar-refractivity contribution >= 4 is 17.1 Å². The van der Waals surface area contributed by atoms with Gasteiger partial charge in [0.25, 0.3) is 0 Å². The van der Waals surface area contributed by atoms with Crippen LogP contribution < -0.4 is 0 Å². The molecule has 0 aromatic carbocycles. The molecule has 0 saturated carbocycles. The third kappa shape index (κ3) is 1.36. The smallest absolute Gasteiger partial charge is 0.329 e. The van der Waals surface area contributed by atoms with Gasteiger partial charge in [-0.3, -0.25) is 0 Å². The highest BCUT2D eigenvalue weighted by Gasteiger charge is 2.30. The molecule has 5 heteroatoms. The largest absolute Gasteiger partial charge is 0.480 e.